The molecule has 2 N–H and O–H groups in total. The number of likely N-dealkylation sites (tertiary alicyclic amines) is 1. The molecule has 0 aromatic carbocycles. The van der Waals surface area contributed by atoms with Gasteiger partial charge in [0.05, 0.1) is 6.54 Å². The standard InChI is InChI=1S/C24H33N5O/c1-18-15-21(27-23-9-5-6-12-25-23)16-22(26-18)19-10-13-29(14-11-19)17-24(30)28-20-7-3-2-4-8-20/h5-6,9,12,15-16,19-20H,2-4,7-8,10-11,13-14,17H2,1H3,(H,28,30)(H,25,26,27). The van der Waals surface area contributed by atoms with Gasteiger partial charge in [-0.05, 0) is 70.0 Å². The van der Waals surface area contributed by atoms with Crippen LogP contribution in [0, 0.1) is 6.92 Å². The minimum Gasteiger partial charge on any atom is -0.352 e. The van der Waals surface area contributed by atoms with Crippen LogP contribution in [0.4, 0.5) is 11.5 Å². The van der Waals surface area contributed by atoms with Crippen LogP contribution < -0.4 is 10.6 Å². The summed E-state index contributed by atoms with van der Waals surface area (Å²) in [4.78, 5) is 23.9. The molecule has 0 unspecified atom stereocenters. The summed E-state index contributed by atoms with van der Waals surface area (Å²) < 4.78 is 0. The van der Waals surface area contributed by atoms with Crippen molar-refractivity contribution in [2.75, 3.05) is 25.0 Å². The van der Waals surface area contributed by atoms with E-state index in [0.717, 1.165) is 61.7 Å². The molecule has 30 heavy (non-hydrogen) atoms. The smallest absolute Gasteiger partial charge is 0.234 e. The van der Waals surface area contributed by atoms with Crippen molar-refractivity contribution in [3.63, 3.8) is 0 Å². The van der Waals surface area contributed by atoms with E-state index in [1.54, 1.807) is 6.20 Å². The second kappa shape index (κ2) is 10.0. The van der Waals surface area contributed by atoms with Crippen molar-refractivity contribution in [2.45, 2.75) is 63.8 Å². The Hall–Kier alpha value is -2.47. The molecule has 1 aliphatic carbocycles. The lowest BCUT2D eigenvalue weighted by atomic mass is 9.92. The number of hydrogen-bond acceptors (Lipinski definition) is 5. The summed E-state index contributed by atoms with van der Waals surface area (Å²) in [5.74, 6) is 1.47. The summed E-state index contributed by atoms with van der Waals surface area (Å²) in [6.07, 6.45) is 9.95. The van der Waals surface area contributed by atoms with Gasteiger partial charge < -0.3 is 10.6 Å². The number of anilines is 2. The summed E-state index contributed by atoms with van der Waals surface area (Å²) in [6.45, 7) is 4.46. The number of nitrogens with zero attached hydrogens (tertiary/aromatic N) is 3. The molecule has 6 nitrogen and oxygen atoms in total. The molecular weight excluding hydrogens is 374 g/mol. The van der Waals surface area contributed by atoms with Crippen LogP contribution in [0.2, 0.25) is 0 Å². The molecule has 6 heteroatoms. The number of aryl methyl sites for hydroxylation is 1. The van der Waals surface area contributed by atoms with Crippen molar-refractivity contribution in [3.8, 4) is 0 Å². The van der Waals surface area contributed by atoms with E-state index >= 15 is 0 Å². The molecule has 1 saturated carbocycles. The van der Waals surface area contributed by atoms with Gasteiger partial charge in [0.15, 0.2) is 0 Å². The number of carbonyl (C=O) groups is 1. The maximum atomic E-state index is 12.4. The third-order valence-corrected chi connectivity index (χ3v) is 6.25. The van der Waals surface area contributed by atoms with Crippen molar-refractivity contribution in [1.29, 1.82) is 0 Å². The fourth-order valence-electron chi connectivity index (χ4n) is 4.67. The number of piperidine rings is 1. The average Bonchev–Trinajstić information content (AvgIpc) is 2.75. The minimum atomic E-state index is 0.191. The van der Waals surface area contributed by atoms with Gasteiger partial charge in [0, 0.05) is 35.2 Å². The fraction of sp³-hybridized carbons (Fsp3) is 0.542. The Morgan fingerprint density at radius 1 is 1.10 bits per heavy atom. The van der Waals surface area contributed by atoms with E-state index in [1.165, 1.54) is 19.3 Å². The molecule has 1 amide bonds. The Kier molecular flexibility index (Phi) is 6.95. The summed E-state index contributed by atoms with van der Waals surface area (Å²) in [7, 11) is 0. The quantitative estimate of drug-likeness (QED) is 0.753. The molecule has 3 heterocycles. The van der Waals surface area contributed by atoms with E-state index in [9.17, 15) is 4.79 Å². The van der Waals surface area contributed by atoms with Gasteiger partial charge >= 0.3 is 0 Å². The Bertz CT molecular complexity index is 827. The molecule has 0 atom stereocenters. The van der Waals surface area contributed by atoms with Crippen LogP contribution in [-0.2, 0) is 4.79 Å². The summed E-state index contributed by atoms with van der Waals surface area (Å²) in [5, 5.41) is 6.62. The molecule has 0 radical (unpaired) electrons. The number of aromatic nitrogens is 2. The summed E-state index contributed by atoms with van der Waals surface area (Å²) in [6, 6.07) is 10.5. The van der Waals surface area contributed by atoms with Crippen LogP contribution in [0.15, 0.2) is 36.5 Å². The Morgan fingerprint density at radius 3 is 2.63 bits per heavy atom. The van der Waals surface area contributed by atoms with E-state index in [0.29, 0.717) is 18.5 Å². The number of pyridine rings is 2. The first kappa shape index (κ1) is 20.8. The van der Waals surface area contributed by atoms with Gasteiger partial charge in [-0.3, -0.25) is 14.7 Å². The van der Waals surface area contributed by atoms with Crippen molar-refractivity contribution in [3.05, 3.63) is 47.9 Å². The highest BCUT2D eigenvalue weighted by atomic mass is 16.2. The third-order valence-electron chi connectivity index (χ3n) is 6.25. The molecule has 0 bridgehead atoms. The lowest BCUT2D eigenvalue weighted by Crippen LogP contribution is -2.44. The van der Waals surface area contributed by atoms with Crippen molar-refractivity contribution in [2.24, 2.45) is 0 Å². The van der Waals surface area contributed by atoms with E-state index in [-0.39, 0.29) is 5.91 Å². The molecule has 160 valence electrons. The second-order valence-corrected chi connectivity index (χ2v) is 8.71. The Labute approximate surface area is 179 Å². The maximum Gasteiger partial charge on any atom is 0.234 e. The van der Waals surface area contributed by atoms with E-state index < -0.39 is 0 Å². The van der Waals surface area contributed by atoms with Gasteiger partial charge in [0.1, 0.15) is 5.82 Å². The lowest BCUT2D eigenvalue weighted by Gasteiger charge is -2.32. The average molecular weight is 408 g/mol. The highest BCUT2D eigenvalue weighted by molar-refractivity contribution is 5.78. The molecule has 2 aromatic rings. The van der Waals surface area contributed by atoms with Crippen LogP contribution in [0.3, 0.4) is 0 Å². The van der Waals surface area contributed by atoms with E-state index in [2.05, 4.69) is 32.7 Å². The van der Waals surface area contributed by atoms with E-state index in [4.69, 9.17) is 4.98 Å². The van der Waals surface area contributed by atoms with Gasteiger partial charge in [0.2, 0.25) is 5.91 Å². The number of nitrogens with one attached hydrogen (secondary N) is 2. The second-order valence-electron chi connectivity index (χ2n) is 8.71. The highest BCUT2D eigenvalue weighted by Crippen LogP contribution is 2.29. The number of carbonyl (C=O) groups excluding carboxylic acids is 1. The van der Waals surface area contributed by atoms with Crippen LogP contribution in [0.1, 0.15) is 62.3 Å². The molecule has 1 saturated heterocycles. The lowest BCUT2D eigenvalue weighted by molar-refractivity contribution is -0.123. The zero-order chi connectivity index (χ0) is 20.8. The van der Waals surface area contributed by atoms with Gasteiger partial charge in [-0.1, -0.05) is 25.3 Å². The van der Waals surface area contributed by atoms with Gasteiger partial charge in [-0.15, -0.1) is 0 Å². The third kappa shape index (κ3) is 5.79. The molecule has 0 spiro atoms. The largest absolute Gasteiger partial charge is 0.352 e. The Morgan fingerprint density at radius 2 is 1.90 bits per heavy atom. The van der Waals surface area contributed by atoms with Crippen molar-refractivity contribution in [1.82, 2.24) is 20.2 Å². The van der Waals surface area contributed by atoms with Crippen molar-refractivity contribution < 1.29 is 4.79 Å². The SMILES string of the molecule is Cc1cc(Nc2ccccn2)cc(C2CCN(CC(=O)NC3CCCCC3)CC2)n1. The first-order valence-corrected chi connectivity index (χ1v) is 11.3. The molecular formula is C24H33N5O. The zero-order valence-corrected chi connectivity index (χ0v) is 17.9. The number of amides is 1. The van der Waals surface area contributed by atoms with Crippen LogP contribution in [0.25, 0.3) is 0 Å². The molecule has 2 aromatic heterocycles. The predicted octanol–water partition coefficient (Wildman–Crippen LogP) is 4.16. The van der Waals surface area contributed by atoms with Crippen LogP contribution in [0.5, 0.6) is 0 Å². The monoisotopic (exact) mass is 407 g/mol. The first-order chi connectivity index (χ1) is 14.7. The Balaban J connectivity index is 1.29. The predicted molar refractivity (Wildman–Crippen MR) is 120 cm³/mol. The molecule has 4 rings (SSSR count). The zero-order valence-electron chi connectivity index (χ0n) is 17.9. The normalized spacial score (nSPS) is 18.8. The van der Waals surface area contributed by atoms with E-state index in [1.807, 2.05) is 25.1 Å². The summed E-state index contributed by atoms with van der Waals surface area (Å²) in [5.41, 5.74) is 3.19. The fourth-order valence-corrected chi connectivity index (χ4v) is 4.67. The number of rotatable bonds is 6. The van der Waals surface area contributed by atoms with Gasteiger partial charge in [-0.2, -0.15) is 0 Å². The van der Waals surface area contributed by atoms with Crippen LogP contribution in [-0.4, -0.2) is 46.5 Å². The molecule has 2 fully saturated rings. The van der Waals surface area contributed by atoms with Gasteiger partial charge in [0.25, 0.3) is 0 Å². The van der Waals surface area contributed by atoms with Crippen LogP contribution >= 0.6 is 0 Å². The molecule has 1 aliphatic heterocycles. The first-order valence-electron chi connectivity index (χ1n) is 11.3. The highest BCUT2D eigenvalue weighted by Gasteiger charge is 2.24. The van der Waals surface area contributed by atoms with Crippen molar-refractivity contribution >= 4 is 17.4 Å². The molecule has 2 aliphatic rings. The number of hydrogen-bond donors (Lipinski definition) is 2. The van der Waals surface area contributed by atoms with Gasteiger partial charge in [-0.25, -0.2) is 4.98 Å². The maximum absolute atomic E-state index is 12.4. The minimum absolute atomic E-state index is 0.191. The topological polar surface area (TPSA) is 70.2 Å². The summed E-state index contributed by atoms with van der Waals surface area (Å²) >= 11 is 0.